The number of carbonyl (C=O) groups excluding carboxylic acids is 2. The van der Waals surface area contributed by atoms with Crippen molar-refractivity contribution in [1.29, 1.82) is 0 Å². The molecule has 5 nitrogen and oxygen atoms in total. The summed E-state index contributed by atoms with van der Waals surface area (Å²) in [5.41, 5.74) is 3.17. The molecular formula is C29H25NO4. The van der Waals surface area contributed by atoms with E-state index in [9.17, 15) is 9.59 Å². The Morgan fingerprint density at radius 3 is 2.38 bits per heavy atom. The average molecular weight is 452 g/mol. The van der Waals surface area contributed by atoms with Crippen LogP contribution in [0, 0.1) is 5.92 Å². The fourth-order valence-corrected chi connectivity index (χ4v) is 6.30. The van der Waals surface area contributed by atoms with E-state index >= 15 is 0 Å². The van der Waals surface area contributed by atoms with E-state index in [0.717, 1.165) is 39.2 Å². The molecule has 0 unspecified atom stereocenters. The van der Waals surface area contributed by atoms with Gasteiger partial charge >= 0.3 is 5.97 Å². The van der Waals surface area contributed by atoms with Gasteiger partial charge < -0.3 is 13.7 Å². The number of furan rings is 1. The molecule has 170 valence electrons. The van der Waals surface area contributed by atoms with Crippen LogP contribution in [0.5, 0.6) is 5.75 Å². The normalized spacial score (nSPS) is 25.3. The van der Waals surface area contributed by atoms with Crippen molar-refractivity contribution in [2.45, 2.75) is 43.9 Å². The van der Waals surface area contributed by atoms with E-state index in [2.05, 4.69) is 6.07 Å². The maximum Gasteiger partial charge on any atom is 0.347 e. The summed E-state index contributed by atoms with van der Waals surface area (Å²) < 4.78 is 13.9. The molecule has 3 fully saturated rings. The minimum Gasteiger partial charge on any atom is -0.459 e. The summed E-state index contributed by atoms with van der Waals surface area (Å²) in [6.07, 6.45) is 9.16. The van der Waals surface area contributed by atoms with E-state index in [1.54, 1.807) is 18.2 Å². The Kier molecular flexibility index (Phi) is 4.06. The number of carbonyl (C=O) groups is 2. The van der Waals surface area contributed by atoms with Crippen molar-refractivity contribution in [3.63, 3.8) is 0 Å². The first kappa shape index (κ1) is 19.8. The number of ether oxygens (including phenoxy) is 1. The number of fused-ring (bicyclic) bond motifs is 6. The van der Waals surface area contributed by atoms with Gasteiger partial charge in [0.2, 0.25) is 5.78 Å². The third kappa shape index (κ3) is 2.79. The summed E-state index contributed by atoms with van der Waals surface area (Å²) in [5, 5.41) is 1.87. The predicted molar refractivity (Wildman–Crippen MR) is 130 cm³/mol. The lowest BCUT2D eigenvalue weighted by Gasteiger charge is -2.45. The largest absolute Gasteiger partial charge is 0.459 e. The highest BCUT2D eigenvalue weighted by molar-refractivity contribution is 6.30. The molecule has 3 aliphatic carbocycles. The van der Waals surface area contributed by atoms with Crippen LogP contribution in [0.1, 0.15) is 60.3 Å². The highest BCUT2D eigenvalue weighted by atomic mass is 16.5. The van der Waals surface area contributed by atoms with E-state index in [-0.39, 0.29) is 16.8 Å². The summed E-state index contributed by atoms with van der Waals surface area (Å²) in [7, 11) is 1.95. The second-order valence-corrected chi connectivity index (χ2v) is 10.2. The molecule has 2 aromatic heterocycles. The number of Topliss-reactive ketones (excluding diaryl/α,β-unsaturated/α-hetero) is 1. The number of hydrogen-bond acceptors (Lipinski definition) is 4. The Labute approximate surface area is 197 Å². The first-order chi connectivity index (χ1) is 16.5. The zero-order valence-corrected chi connectivity index (χ0v) is 19.1. The van der Waals surface area contributed by atoms with Gasteiger partial charge in [-0.2, -0.15) is 0 Å². The molecule has 0 spiro atoms. The monoisotopic (exact) mass is 451 g/mol. The van der Waals surface area contributed by atoms with Gasteiger partial charge in [0.15, 0.2) is 5.58 Å². The summed E-state index contributed by atoms with van der Waals surface area (Å²) in [6.45, 7) is 0. The number of aromatic nitrogens is 1. The Balaban J connectivity index is 1.27. The minimum absolute atomic E-state index is 0.0375. The lowest BCUT2D eigenvalue weighted by atomic mass is 9.60. The zero-order valence-electron chi connectivity index (χ0n) is 19.1. The Bertz CT molecular complexity index is 1530. The van der Waals surface area contributed by atoms with Gasteiger partial charge in [-0.25, -0.2) is 4.79 Å². The van der Waals surface area contributed by atoms with Gasteiger partial charge in [0.1, 0.15) is 17.1 Å². The van der Waals surface area contributed by atoms with Gasteiger partial charge in [0.25, 0.3) is 0 Å². The fourth-order valence-electron chi connectivity index (χ4n) is 6.30. The molecule has 0 N–H and O–H groups in total. The molecule has 0 saturated heterocycles. The van der Waals surface area contributed by atoms with Crippen LogP contribution in [0.15, 0.2) is 58.5 Å². The Morgan fingerprint density at radius 1 is 0.971 bits per heavy atom. The second-order valence-electron chi connectivity index (χ2n) is 10.2. The number of aryl methyl sites for hydroxylation is 1. The van der Waals surface area contributed by atoms with Crippen LogP contribution in [-0.4, -0.2) is 16.3 Å². The van der Waals surface area contributed by atoms with Gasteiger partial charge in [-0.15, -0.1) is 0 Å². The summed E-state index contributed by atoms with van der Waals surface area (Å²) in [6, 6.07) is 15.4. The van der Waals surface area contributed by atoms with E-state index in [4.69, 9.17) is 9.15 Å². The molecule has 2 bridgehead atoms. The van der Waals surface area contributed by atoms with Crippen molar-refractivity contribution in [1.82, 2.24) is 4.57 Å². The van der Waals surface area contributed by atoms with Crippen molar-refractivity contribution < 1.29 is 18.7 Å². The molecule has 5 heteroatoms. The maximum atomic E-state index is 13.3. The van der Waals surface area contributed by atoms with Crippen molar-refractivity contribution >= 4 is 39.7 Å². The van der Waals surface area contributed by atoms with Crippen LogP contribution >= 0.6 is 0 Å². The lowest BCUT2D eigenvalue weighted by molar-refractivity contribution is -0.130. The number of ketones is 1. The lowest BCUT2D eigenvalue weighted by Crippen LogP contribution is -2.37. The van der Waals surface area contributed by atoms with Crippen molar-refractivity contribution in [3.8, 4) is 5.75 Å². The quantitative estimate of drug-likeness (QED) is 0.155. The number of nitrogens with zero attached hydrogens (tertiary/aromatic N) is 1. The summed E-state index contributed by atoms with van der Waals surface area (Å²) >= 11 is 0. The number of benzene rings is 2. The van der Waals surface area contributed by atoms with Gasteiger partial charge in [0.05, 0.1) is 11.1 Å². The number of hydrogen-bond donors (Lipinski definition) is 0. The molecule has 8 rings (SSSR count). The standard InChI is InChI=1S/C29H25NO4/c1-30-20(15-25-23(30)16-26(33-25)29-9-6-17(7-10-29)8-11-29)14-22-27(31)21-12-18-4-2-3-5-19(18)13-24(21)34-28(22)32/h2-5,12-17H,6-11H2,1H3/b22-14-. The van der Waals surface area contributed by atoms with Crippen LogP contribution < -0.4 is 4.74 Å². The molecule has 1 aliphatic heterocycles. The van der Waals surface area contributed by atoms with Crippen LogP contribution in [-0.2, 0) is 17.3 Å². The molecule has 2 aromatic carbocycles. The first-order valence-electron chi connectivity index (χ1n) is 12.1. The second kappa shape index (κ2) is 6.95. The van der Waals surface area contributed by atoms with Gasteiger partial charge in [-0.1, -0.05) is 24.3 Å². The highest BCUT2D eigenvalue weighted by Crippen LogP contribution is 2.52. The van der Waals surface area contributed by atoms with Crippen molar-refractivity contribution in [2.75, 3.05) is 0 Å². The Morgan fingerprint density at radius 2 is 1.68 bits per heavy atom. The molecule has 3 saturated carbocycles. The van der Waals surface area contributed by atoms with Crippen molar-refractivity contribution in [2.24, 2.45) is 13.0 Å². The molecular weight excluding hydrogens is 426 g/mol. The maximum absolute atomic E-state index is 13.3. The topological polar surface area (TPSA) is 61.4 Å². The summed E-state index contributed by atoms with van der Waals surface area (Å²) in [4.78, 5) is 26.1. The highest BCUT2D eigenvalue weighted by Gasteiger charge is 2.44. The zero-order chi connectivity index (χ0) is 23.0. The molecule has 4 aliphatic rings. The minimum atomic E-state index is -0.621. The summed E-state index contributed by atoms with van der Waals surface area (Å²) in [5.74, 6) is 1.38. The third-order valence-corrected chi connectivity index (χ3v) is 8.44. The van der Waals surface area contributed by atoms with Crippen LogP contribution in [0.25, 0.3) is 27.9 Å². The SMILES string of the molecule is Cn1c(/C=C2\C(=O)Oc3cc4ccccc4cc3C2=O)cc2oc(C34CCC(CC3)CC4)cc21. The smallest absolute Gasteiger partial charge is 0.347 e. The van der Waals surface area contributed by atoms with Crippen LogP contribution in [0.3, 0.4) is 0 Å². The van der Waals surface area contributed by atoms with E-state index in [0.29, 0.717) is 11.3 Å². The van der Waals surface area contributed by atoms with Crippen LogP contribution in [0.2, 0.25) is 0 Å². The van der Waals surface area contributed by atoms with Crippen molar-refractivity contribution in [3.05, 3.63) is 71.1 Å². The number of rotatable bonds is 2. The molecule has 34 heavy (non-hydrogen) atoms. The first-order valence-corrected chi connectivity index (χ1v) is 12.1. The van der Waals surface area contributed by atoms with Gasteiger partial charge in [-0.05, 0) is 73.4 Å². The van der Waals surface area contributed by atoms with E-state index in [1.807, 2.05) is 41.9 Å². The average Bonchev–Trinajstić information content (AvgIpc) is 3.42. The third-order valence-electron chi connectivity index (χ3n) is 8.44. The molecule has 0 amide bonds. The molecule has 3 heterocycles. The molecule has 0 atom stereocenters. The van der Waals surface area contributed by atoms with Crippen LogP contribution in [0.4, 0.5) is 0 Å². The van der Waals surface area contributed by atoms with E-state index < -0.39 is 5.97 Å². The Hall–Kier alpha value is -3.60. The predicted octanol–water partition coefficient (Wildman–Crippen LogP) is 6.33. The van der Waals surface area contributed by atoms with Gasteiger partial charge in [-0.3, -0.25) is 4.79 Å². The molecule has 4 aromatic rings. The van der Waals surface area contributed by atoms with Gasteiger partial charge in [0, 0.05) is 30.3 Å². The van der Waals surface area contributed by atoms with E-state index in [1.165, 1.54) is 38.5 Å². The molecule has 0 radical (unpaired) electrons. The number of esters is 1. The fraction of sp³-hybridized carbons (Fsp3) is 0.310.